The minimum Gasteiger partial charge on any atom is -0.372 e. The normalized spacial score (nSPS) is 17.5. The number of hydrogen-bond donors (Lipinski definition) is 0. The zero-order valence-corrected chi connectivity index (χ0v) is 19.0. The Hall–Kier alpha value is -3.92. The molecule has 2 aliphatic heterocycles. The van der Waals surface area contributed by atoms with E-state index >= 15 is 0 Å². The van der Waals surface area contributed by atoms with Crippen molar-refractivity contribution in [3.63, 3.8) is 0 Å². The summed E-state index contributed by atoms with van der Waals surface area (Å²) in [5.41, 5.74) is 3.18. The lowest BCUT2D eigenvalue weighted by Gasteiger charge is -2.24. The molecule has 1 fully saturated rings. The second-order valence-corrected chi connectivity index (χ2v) is 8.72. The van der Waals surface area contributed by atoms with Crippen molar-refractivity contribution in [2.24, 2.45) is 0 Å². The van der Waals surface area contributed by atoms with Crippen molar-refractivity contribution in [3.8, 4) is 22.8 Å². The number of carbonyl (C=O) groups is 1. The molecule has 0 aliphatic carbocycles. The van der Waals surface area contributed by atoms with Crippen LogP contribution in [0, 0.1) is 5.82 Å². The Labute approximate surface area is 201 Å². The molecule has 10 heteroatoms. The fraction of sp³-hybridized carbons (Fsp3) is 0.320. The maximum absolute atomic E-state index is 13.8. The molecule has 6 rings (SSSR count). The van der Waals surface area contributed by atoms with Gasteiger partial charge in [-0.2, -0.15) is 5.10 Å². The molecular formula is C25H24FN7O2. The average molecular weight is 474 g/mol. The number of pyridine rings is 2. The smallest absolute Gasteiger partial charge is 0.275 e. The molecule has 4 aromatic rings. The Morgan fingerprint density at radius 1 is 1.09 bits per heavy atom. The fourth-order valence-corrected chi connectivity index (χ4v) is 4.85. The number of ether oxygens (including phenoxy) is 1. The SMILES string of the molecule is O=C(c1nc2n(c1-c1ccccn1)CCOC2)N1CCC[C@H]1Cn1ccc(-c2ccc(F)cn2)n1. The molecule has 0 saturated carbocycles. The summed E-state index contributed by atoms with van der Waals surface area (Å²) in [4.78, 5) is 29.0. The van der Waals surface area contributed by atoms with Crippen LogP contribution in [0.2, 0.25) is 0 Å². The van der Waals surface area contributed by atoms with Gasteiger partial charge in [0.2, 0.25) is 0 Å². The number of amides is 1. The molecule has 0 bridgehead atoms. The van der Waals surface area contributed by atoms with Crippen LogP contribution in [0.15, 0.2) is 55.0 Å². The number of fused-ring (bicyclic) bond motifs is 1. The molecule has 0 unspecified atom stereocenters. The fourth-order valence-electron chi connectivity index (χ4n) is 4.85. The standard InChI is InChI=1S/C25H24FN7O2/c26-17-6-7-19(28-14-17)20-8-11-31(30-20)15-18-4-3-10-32(18)25(34)23-24(21-5-1-2-9-27-21)33-12-13-35-16-22(33)29-23/h1-2,5-9,11,14,18H,3-4,10,12-13,15-16H2/t18-/m0/s1. The molecule has 35 heavy (non-hydrogen) atoms. The summed E-state index contributed by atoms with van der Waals surface area (Å²) < 4.78 is 22.7. The summed E-state index contributed by atoms with van der Waals surface area (Å²) in [6.45, 7) is 2.82. The van der Waals surface area contributed by atoms with Gasteiger partial charge in [0.1, 0.15) is 29.6 Å². The first-order valence-electron chi connectivity index (χ1n) is 11.7. The number of hydrogen-bond acceptors (Lipinski definition) is 6. The van der Waals surface area contributed by atoms with Crippen LogP contribution < -0.4 is 0 Å². The van der Waals surface area contributed by atoms with Gasteiger partial charge < -0.3 is 14.2 Å². The van der Waals surface area contributed by atoms with Gasteiger partial charge in [-0.25, -0.2) is 9.37 Å². The second-order valence-electron chi connectivity index (χ2n) is 8.72. The van der Waals surface area contributed by atoms with Crippen LogP contribution >= 0.6 is 0 Å². The van der Waals surface area contributed by atoms with Crippen LogP contribution in [0.4, 0.5) is 4.39 Å². The van der Waals surface area contributed by atoms with Crippen molar-refractivity contribution in [2.45, 2.75) is 38.6 Å². The minimum absolute atomic E-state index is 0.0111. The number of rotatable bonds is 5. The molecule has 4 aromatic heterocycles. The monoisotopic (exact) mass is 473 g/mol. The number of likely N-dealkylation sites (tertiary alicyclic amines) is 1. The summed E-state index contributed by atoms with van der Waals surface area (Å²) >= 11 is 0. The van der Waals surface area contributed by atoms with E-state index < -0.39 is 0 Å². The molecule has 1 saturated heterocycles. The highest BCUT2D eigenvalue weighted by Crippen LogP contribution is 2.30. The Balaban J connectivity index is 1.27. The average Bonchev–Trinajstić information content (AvgIpc) is 3.63. The third kappa shape index (κ3) is 4.10. The molecule has 2 aliphatic rings. The lowest BCUT2D eigenvalue weighted by molar-refractivity contribution is 0.0716. The Morgan fingerprint density at radius 3 is 2.86 bits per heavy atom. The molecule has 0 radical (unpaired) electrons. The van der Waals surface area contributed by atoms with Gasteiger partial charge in [0, 0.05) is 25.5 Å². The van der Waals surface area contributed by atoms with Crippen LogP contribution in [-0.2, 0) is 24.4 Å². The predicted octanol–water partition coefficient (Wildman–Crippen LogP) is 3.18. The van der Waals surface area contributed by atoms with Gasteiger partial charge in [-0.05, 0) is 43.2 Å². The maximum atomic E-state index is 13.8. The van der Waals surface area contributed by atoms with E-state index in [9.17, 15) is 9.18 Å². The van der Waals surface area contributed by atoms with E-state index in [0.717, 1.165) is 30.1 Å². The van der Waals surface area contributed by atoms with Gasteiger partial charge in [0.05, 0.1) is 36.8 Å². The first kappa shape index (κ1) is 21.6. The lowest BCUT2D eigenvalue weighted by atomic mass is 10.1. The first-order chi connectivity index (χ1) is 17.2. The third-order valence-electron chi connectivity index (χ3n) is 6.51. The van der Waals surface area contributed by atoms with Gasteiger partial charge in [-0.15, -0.1) is 0 Å². The van der Waals surface area contributed by atoms with E-state index in [1.165, 1.54) is 12.3 Å². The second kappa shape index (κ2) is 9.03. The van der Waals surface area contributed by atoms with Gasteiger partial charge in [-0.1, -0.05) is 6.07 Å². The topological polar surface area (TPSA) is 91.0 Å². The zero-order valence-electron chi connectivity index (χ0n) is 19.0. The number of nitrogens with zero attached hydrogens (tertiary/aromatic N) is 7. The van der Waals surface area contributed by atoms with E-state index in [-0.39, 0.29) is 17.8 Å². The number of carbonyl (C=O) groups excluding carboxylic acids is 1. The lowest BCUT2D eigenvalue weighted by Crippen LogP contribution is -2.38. The van der Waals surface area contributed by atoms with Crippen molar-refractivity contribution in [3.05, 3.63) is 72.3 Å². The van der Waals surface area contributed by atoms with Gasteiger partial charge in [-0.3, -0.25) is 19.4 Å². The van der Waals surface area contributed by atoms with Crippen LogP contribution in [-0.4, -0.2) is 59.3 Å². The molecule has 6 heterocycles. The Morgan fingerprint density at radius 2 is 2.03 bits per heavy atom. The number of halogens is 1. The van der Waals surface area contributed by atoms with Crippen molar-refractivity contribution < 1.29 is 13.9 Å². The maximum Gasteiger partial charge on any atom is 0.275 e. The van der Waals surface area contributed by atoms with E-state index in [4.69, 9.17) is 9.72 Å². The molecule has 1 amide bonds. The largest absolute Gasteiger partial charge is 0.372 e. The van der Waals surface area contributed by atoms with Gasteiger partial charge in [0.25, 0.3) is 5.91 Å². The predicted molar refractivity (Wildman–Crippen MR) is 125 cm³/mol. The van der Waals surface area contributed by atoms with Crippen LogP contribution in [0.1, 0.15) is 29.2 Å². The van der Waals surface area contributed by atoms with Gasteiger partial charge in [0.15, 0.2) is 5.69 Å². The molecule has 0 N–H and O–H groups in total. The minimum atomic E-state index is -0.383. The number of imidazole rings is 1. The van der Waals surface area contributed by atoms with Crippen molar-refractivity contribution in [1.29, 1.82) is 0 Å². The summed E-state index contributed by atoms with van der Waals surface area (Å²) in [6, 6.07) is 10.5. The quantitative estimate of drug-likeness (QED) is 0.442. The van der Waals surface area contributed by atoms with E-state index in [1.807, 2.05) is 40.0 Å². The van der Waals surface area contributed by atoms with Crippen molar-refractivity contribution >= 4 is 5.91 Å². The Bertz CT molecular complexity index is 1350. The molecule has 0 aromatic carbocycles. The highest BCUT2D eigenvalue weighted by molar-refractivity contribution is 5.98. The van der Waals surface area contributed by atoms with Crippen LogP contribution in [0.3, 0.4) is 0 Å². The summed E-state index contributed by atoms with van der Waals surface area (Å²) in [5.74, 6) is 0.271. The molecule has 0 spiro atoms. The van der Waals surface area contributed by atoms with E-state index in [0.29, 0.717) is 49.9 Å². The van der Waals surface area contributed by atoms with Gasteiger partial charge >= 0.3 is 0 Å². The summed E-state index contributed by atoms with van der Waals surface area (Å²) in [7, 11) is 0. The summed E-state index contributed by atoms with van der Waals surface area (Å²) in [6.07, 6.45) is 6.57. The highest BCUT2D eigenvalue weighted by Gasteiger charge is 2.35. The van der Waals surface area contributed by atoms with E-state index in [2.05, 4.69) is 19.6 Å². The molecular weight excluding hydrogens is 449 g/mol. The summed E-state index contributed by atoms with van der Waals surface area (Å²) in [5, 5.41) is 4.61. The number of aromatic nitrogens is 6. The van der Waals surface area contributed by atoms with Crippen LogP contribution in [0.25, 0.3) is 22.8 Å². The third-order valence-corrected chi connectivity index (χ3v) is 6.51. The molecule has 1 atom stereocenters. The van der Waals surface area contributed by atoms with Crippen LogP contribution in [0.5, 0.6) is 0 Å². The first-order valence-corrected chi connectivity index (χ1v) is 11.7. The zero-order chi connectivity index (χ0) is 23.8. The van der Waals surface area contributed by atoms with Crippen molar-refractivity contribution in [1.82, 2.24) is 34.2 Å². The molecule has 178 valence electrons. The van der Waals surface area contributed by atoms with Crippen molar-refractivity contribution in [2.75, 3.05) is 13.2 Å². The van der Waals surface area contributed by atoms with E-state index in [1.54, 1.807) is 12.3 Å². The Kier molecular flexibility index (Phi) is 5.57. The highest BCUT2D eigenvalue weighted by atomic mass is 19.1. The molecule has 9 nitrogen and oxygen atoms in total.